The van der Waals surface area contributed by atoms with E-state index in [0.717, 1.165) is 29.2 Å². The number of barbiturate groups is 1. The third kappa shape index (κ3) is 3.68. The van der Waals surface area contributed by atoms with Gasteiger partial charge in [0.1, 0.15) is 5.57 Å². The van der Waals surface area contributed by atoms with Gasteiger partial charge in [-0.2, -0.15) is 0 Å². The molecule has 0 aromatic heterocycles. The Hall–Kier alpha value is -2.83. The number of nitrogens with zero attached hydrogens (tertiary/aromatic N) is 2. The van der Waals surface area contributed by atoms with E-state index >= 15 is 0 Å². The highest BCUT2D eigenvalue weighted by atomic mass is 35.5. The van der Waals surface area contributed by atoms with Crippen molar-refractivity contribution >= 4 is 58.5 Å². The Labute approximate surface area is 184 Å². The molecule has 4 rings (SSSR count). The van der Waals surface area contributed by atoms with E-state index < -0.39 is 17.8 Å². The number of carbonyl (C=O) groups is 3. The number of imide groups is 2. The second kappa shape index (κ2) is 8.13. The van der Waals surface area contributed by atoms with Crippen molar-refractivity contribution in [2.24, 2.45) is 0 Å². The number of urea groups is 1. The first-order valence-electron chi connectivity index (χ1n) is 9.58. The van der Waals surface area contributed by atoms with Gasteiger partial charge in [-0.25, -0.2) is 9.69 Å². The zero-order valence-electron chi connectivity index (χ0n) is 16.2. The molecule has 0 unspecified atom stereocenters. The van der Waals surface area contributed by atoms with Crippen molar-refractivity contribution in [2.75, 3.05) is 22.9 Å². The van der Waals surface area contributed by atoms with Gasteiger partial charge in [0.25, 0.3) is 11.8 Å². The summed E-state index contributed by atoms with van der Waals surface area (Å²) >= 11 is 12.2. The van der Waals surface area contributed by atoms with E-state index in [4.69, 9.17) is 23.2 Å². The molecule has 2 aromatic carbocycles. The van der Waals surface area contributed by atoms with E-state index in [1.54, 1.807) is 12.1 Å². The fraction of sp³-hybridized carbons (Fsp3) is 0.227. The van der Waals surface area contributed by atoms with Gasteiger partial charge in [0.2, 0.25) is 0 Å². The second-order valence-corrected chi connectivity index (χ2v) is 8.06. The van der Waals surface area contributed by atoms with Crippen molar-refractivity contribution in [3.05, 3.63) is 63.1 Å². The number of hydrogen-bond acceptors (Lipinski definition) is 4. The molecule has 30 heavy (non-hydrogen) atoms. The summed E-state index contributed by atoms with van der Waals surface area (Å²) in [6, 6.07) is 9.53. The van der Waals surface area contributed by atoms with Crippen molar-refractivity contribution < 1.29 is 14.4 Å². The molecule has 0 bridgehead atoms. The van der Waals surface area contributed by atoms with Gasteiger partial charge in [0.15, 0.2) is 0 Å². The second-order valence-electron chi connectivity index (χ2n) is 7.27. The predicted molar refractivity (Wildman–Crippen MR) is 118 cm³/mol. The molecule has 2 aromatic rings. The minimum atomic E-state index is -0.869. The van der Waals surface area contributed by atoms with Gasteiger partial charge in [-0.05, 0) is 61.2 Å². The number of benzene rings is 2. The molecule has 154 valence electrons. The van der Waals surface area contributed by atoms with Crippen LogP contribution in [0.3, 0.4) is 0 Å². The quantitative estimate of drug-likeness (QED) is 0.557. The Balaban J connectivity index is 1.69. The number of anilines is 2. The Morgan fingerprint density at radius 1 is 1.00 bits per heavy atom. The summed E-state index contributed by atoms with van der Waals surface area (Å²) in [7, 11) is 0. The summed E-state index contributed by atoms with van der Waals surface area (Å²) in [5.74, 6) is -1.50. The highest BCUT2D eigenvalue weighted by Crippen LogP contribution is 2.34. The third-order valence-electron chi connectivity index (χ3n) is 5.25. The first-order valence-corrected chi connectivity index (χ1v) is 10.3. The van der Waals surface area contributed by atoms with Crippen LogP contribution in [0.15, 0.2) is 42.0 Å². The lowest BCUT2D eigenvalue weighted by atomic mass is 10.0. The third-order valence-corrected chi connectivity index (χ3v) is 6.06. The van der Waals surface area contributed by atoms with Crippen LogP contribution in [0.4, 0.5) is 16.2 Å². The van der Waals surface area contributed by atoms with E-state index in [-0.39, 0.29) is 21.3 Å². The van der Waals surface area contributed by atoms with E-state index in [1.807, 2.05) is 25.1 Å². The number of nitrogens with one attached hydrogen (secondary N) is 1. The Bertz CT molecular complexity index is 1090. The fourth-order valence-corrected chi connectivity index (χ4v) is 4.17. The maximum Gasteiger partial charge on any atom is 0.336 e. The maximum atomic E-state index is 13.0. The first-order chi connectivity index (χ1) is 14.4. The smallest absolute Gasteiger partial charge is 0.336 e. The van der Waals surface area contributed by atoms with Crippen LogP contribution in [0.5, 0.6) is 0 Å². The Morgan fingerprint density at radius 3 is 2.43 bits per heavy atom. The SMILES string of the molecule is Cc1cc(/C=C2/C(=O)NC(=O)N(c3cccc(Cl)c3Cl)C2=O)ccc1N1CCCC1. The monoisotopic (exact) mass is 443 g/mol. The number of halogens is 2. The number of aryl methyl sites for hydroxylation is 1. The van der Waals surface area contributed by atoms with Crippen molar-refractivity contribution in [3.63, 3.8) is 0 Å². The Morgan fingerprint density at radius 2 is 1.73 bits per heavy atom. The Kier molecular flexibility index (Phi) is 5.54. The molecule has 8 heteroatoms. The molecular weight excluding hydrogens is 425 g/mol. The van der Waals surface area contributed by atoms with Crippen LogP contribution in [0.1, 0.15) is 24.0 Å². The van der Waals surface area contributed by atoms with Crippen LogP contribution in [0.2, 0.25) is 10.0 Å². The molecule has 0 atom stereocenters. The molecule has 0 radical (unpaired) electrons. The van der Waals surface area contributed by atoms with Crippen molar-refractivity contribution in [3.8, 4) is 0 Å². The molecule has 2 aliphatic heterocycles. The summed E-state index contributed by atoms with van der Waals surface area (Å²) in [4.78, 5) is 40.9. The lowest BCUT2D eigenvalue weighted by Crippen LogP contribution is -2.54. The average molecular weight is 444 g/mol. The standard InChI is InChI=1S/C22H19Cl2N3O3/c1-13-11-14(7-8-17(13)26-9-2-3-10-26)12-15-20(28)25-22(30)27(21(15)29)18-6-4-5-16(23)19(18)24/h4-8,11-12H,2-3,9-10H2,1H3,(H,25,28,30)/b15-12-. The zero-order valence-corrected chi connectivity index (χ0v) is 17.8. The first kappa shape index (κ1) is 20.4. The van der Waals surface area contributed by atoms with Gasteiger partial charge in [-0.1, -0.05) is 35.3 Å². The number of amides is 4. The van der Waals surface area contributed by atoms with Crippen molar-refractivity contribution in [2.45, 2.75) is 19.8 Å². The fourth-order valence-electron chi connectivity index (χ4n) is 3.79. The van der Waals surface area contributed by atoms with E-state index in [1.165, 1.54) is 25.0 Å². The molecule has 2 fully saturated rings. The average Bonchev–Trinajstić information content (AvgIpc) is 3.23. The van der Waals surface area contributed by atoms with Gasteiger partial charge in [0.05, 0.1) is 15.7 Å². The van der Waals surface area contributed by atoms with Gasteiger partial charge >= 0.3 is 6.03 Å². The minimum absolute atomic E-state index is 0.0576. The molecule has 2 saturated heterocycles. The van der Waals surface area contributed by atoms with E-state index in [2.05, 4.69) is 10.2 Å². The summed E-state index contributed by atoms with van der Waals surface area (Å²) < 4.78 is 0. The molecule has 0 aliphatic carbocycles. The van der Waals surface area contributed by atoms with Crippen LogP contribution >= 0.6 is 23.2 Å². The van der Waals surface area contributed by atoms with Gasteiger partial charge in [-0.15, -0.1) is 0 Å². The van der Waals surface area contributed by atoms with Crippen molar-refractivity contribution in [1.82, 2.24) is 5.32 Å². The van der Waals surface area contributed by atoms with Crippen LogP contribution in [0.25, 0.3) is 6.08 Å². The molecule has 2 heterocycles. The van der Waals surface area contributed by atoms with Gasteiger partial charge < -0.3 is 4.90 Å². The van der Waals surface area contributed by atoms with E-state index in [9.17, 15) is 14.4 Å². The molecule has 0 saturated carbocycles. The predicted octanol–water partition coefficient (Wildman–Crippen LogP) is 4.57. The number of hydrogen-bond donors (Lipinski definition) is 1. The lowest BCUT2D eigenvalue weighted by Gasteiger charge is -2.27. The summed E-state index contributed by atoms with van der Waals surface area (Å²) in [6.07, 6.45) is 3.84. The number of carbonyl (C=O) groups excluding carboxylic acids is 3. The van der Waals surface area contributed by atoms with Crippen LogP contribution in [-0.2, 0) is 9.59 Å². The maximum absolute atomic E-state index is 13.0. The lowest BCUT2D eigenvalue weighted by molar-refractivity contribution is -0.122. The van der Waals surface area contributed by atoms with Crippen LogP contribution in [-0.4, -0.2) is 30.9 Å². The summed E-state index contributed by atoms with van der Waals surface area (Å²) in [6.45, 7) is 4.05. The zero-order chi connectivity index (χ0) is 21.4. The largest absolute Gasteiger partial charge is 0.371 e. The minimum Gasteiger partial charge on any atom is -0.371 e. The van der Waals surface area contributed by atoms with Crippen LogP contribution in [0, 0.1) is 6.92 Å². The normalized spacial score (nSPS) is 18.4. The van der Waals surface area contributed by atoms with E-state index in [0.29, 0.717) is 5.56 Å². The molecule has 2 aliphatic rings. The van der Waals surface area contributed by atoms with Gasteiger partial charge in [-0.3, -0.25) is 14.9 Å². The summed E-state index contributed by atoms with van der Waals surface area (Å²) in [5, 5.41) is 2.45. The molecular formula is C22H19Cl2N3O3. The topological polar surface area (TPSA) is 69.7 Å². The van der Waals surface area contributed by atoms with Crippen molar-refractivity contribution in [1.29, 1.82) is 0 Å². The molecule has 0 spiro atoms. The summed E-state index contributed by atoms with van der Waals surface area (Å²) in [5.41, 5.74) is 2.86. The highest BCUT2D eigenvalue weighted by molar-refractivity contribution is 6.46. The van der Waals surface area contributed by atoms with Gasteiger partial charge in [0, 0.05) is 18.8 Å². The van der Waals surface area contributed by atoms with Crippen LogP contribution < -0.4 is 15.1 Å². The molecule has 6 nitrogen and oxygen atoms in total. The highest BCUT2D eigenvalue weighted by Gasteiger charge is 2.38. The molecule has 4 amide bonds. The number of rotatable bonds is 3. The molecule has 1 N–H and O–H groups in total.